The molecule has 0 amide bonds. The van der Waals surface area contributed by atoms with Crippen molar-refractivity contribution in [3.05, 3.63) is 0 Å². The predicted molar refractivity (Wildman–Crippen MR) is 79.7 cm³/mol. The van der Waals surface area contributed by atoms with Crippen molar-refractivity contribution in [3.63, 3.8) is 0 Å². The highest BCUT2D eigenvalue weighted by Crippen LogP contribution is 2.53. The van der Waals surface area contributed by atoms with Gasteiger partial charge < -0.3 is 23.7 Å². The first-order valence-electron chi connectivity index (χ1n) is 8.79. The summed E-state index contributed by atoms with van der Waals surface area (Å²) in [6.07, 6.45) is 4.45. The molecule has 2 bridgehead atoms. The van der Waals surface area contributed by atoms with Crippen molar-refractivity contribution in [1.29, 1.82) is 0 Å². The summed E-state index contributed by atoms with van der Waals surface area (Å²) in [7, 11) is 0. The summed E-state index contributed by atoms with van der Waals surface area (Å²) in [4.78, 5) is 23.0. The molecule has 7 heteroatoms. The molecule has 7 nitrogen and oxygen atoms in total. The maximum absolute atomic E-state index is 11.6. The van der Waals surface area contributed by atoms with E-state index in [9.17, 15) is 9.59 Å². The molecule has 0 aromatic rings. The fourth-order valence-corrected chi connectivity index (χ4v) is 4.68. The number of hydrogen-bond acceptors (Lipinski definition) is 7. The Bertz CT molecular complexity index is 541. The molecule has 0 N–H and O–H groups in total. The molecule has 0 aromatic carbocycles. The van der Waals surface area contributed by atoms with Crippen LogP contribution in [-0.2, 0) is 33.3 Å². The minimum absolute atomic E-state index is 0.202. The number of fused-ring (bicyclic) bond motifs is 4. The molecular formula is C17H24O7. The van der Waals surface area contributed by atoms with Crippen LogP contribution in [0, 0.1) is 0 Å². The standard InChI is InChI=1S/C17H24O7/c1-10(18)20-15-16(22-11(2)19)8-12(21-15)14-13(9-16)23-17(24-14)6-4-3-5-7-17/h12-15H,3-9H2,1-2H3/t12?,13-,14+,15?,16-/m1/s1. The number of rotatable bonds is 2. The highest BCUT2D eigenvalue weighted by molar-refractivity contribution is 5.68. The Kier molecular flexibility index (Phi) is 3.85. The van der Waals surface area contributed by atoms with Gasteiger partial charge in [-0.1, -0.05) is 6.42 Å². The normalized spacial score (nSPS) is 42.6. The molecule has 2 saturated carbocycles. The summed E-state index contributed by atoms with van der Waals surface area (Å²) in [6.45, 7) is 2.67. The van der Waals surface area contributed by atoms with Crippen LogP contribution in [0.4, 0.5) is 0 Å². The topological polar surface area (TPSA) is 80.3 Å². The predicted octanol–water partition coefficient (Wildman–Crippen LogP) is 1.81. The zero-order valence-electron chi connectivity index (χ0n) is 14.1. The van der Waals surface area contributed by atoms with E-state index in [0.29, 0.717) is 12.8 Å². The van der Waals surface area contributed by atoms with E-state index < -0.39 is 29.6 Å². The van der Waals surface area contributed by atoms with Crippen LogP contribution < -0.4 is 0 Å². The summed E-state index contributed by atoms with van der Waals surface area (Å²) in [5, 5.41) is 0. The van der Waals surface area contributed by atoms with Crippen LogP contribution in [0.5, 0.6) is 0 Å². The lowest BCUT2D eigenvalue weighted by atomic mass is 9.81. The smallest absolute Gasteiger partial charge is 0.305 e. The van der Waals surface area contributed by atoms with Gasteiger partial charge in [0, 0.05) is 39.5 Å². The maximum Gasteiger partial charge on any atom is 0.305 e. The van der Waals surface area contributed by atoms with Crippen molar-refractivity contribution in [3.8, 4) is 0 Å². The fourth-order valence-electron chi connectivity index (χ4n) is 4.68. The maximum atomic E-state index is 11.6. The second-order valence-electron chi connectivity index (χ2n) is 7.39. The summed E-state index contributed by atoms with van der Waals surface area (Å²) in [5.41, 5.74) is -0.979. The van der Waals surface area contributed by atoms with Crippen molar-refractivity contribution in [2.24, 2.45) is 0 Å². The molecule has 0 aromatic heterocycles. The van der Waals surface area contributed by atoms with Gasteiger partial charge >= 0.3 is 11.9 Å². The molecule has 2 unspecified atom stereocenters. The second kappa shape index (κ2) is 5.68. The van der Waals surface area contributed by atoms with Gasteiger partial charge in [-0.25, -0.2) is 0 Å². The Morgan fingerprint density at radius 3 is 2.33 bits per heavy atom. The summed E-state index contributed by atoms with van der Waals surface area (Å²) in [5.74, 6) is -1.40. The Balaban J connectivity index is 1.57. The van der Waals surface area contributed by atoms with Gasteiger partial charge in [0.15, 0.2) is 11.4 Å². The molecule has 4 rings (SSSR count). The van der Waals surface area contributed by atoms with Gasteiger partial charge in [0.25, 0.3) is 0 Å². The summed E-state index contributed by atoms with van der Waals surface area (Å²) in [6, 6.07) is 0. The zero-order valence-corrected chi connectivity index (χ0v) is 14.1. The van der Waals surface area contributed by atoms with E-state index in [2.05, 4.69) is 0 Å². The van der Waals surface area contributed by atoms with Crippen molar-refractivity contribution < 1.29 is 33.3 Å². The van der Waals surface area contributed by atoms with Gasteiger partial charge in [-0.15, -0.1) is 0 Å². The van der Waals surface area contributed by atoms with E-state index in [4.69, 9.17) is 23.7 Å². The first-order chi connectivity index (χ1) is 11.4. The molecule has 5 atom stereocenters. The molecule has 2 heterocycles. The van der Waals surface area contributed by atoms with Crippen molar-refractivity contribution >= 4 is 11.9 Å². The van der Waals surface area contributed by atoms with E-state index in [1.807, 2.05) is 0 Å². The second-order valence-corrected chi connectivity index (χ2v) is 7.39. The fraction of sp³-hybridized carbons (Fsp3) is 0.882. The highest BCUT2D eigenvalue weighted by Gasteiger charge is 2.66. The Morgan fingerprint density at radius 1 is 0.958 bits per heavy atom. The first kappa shape index (κ1) is 16.3. The largest absolute Gasteiger partial charge is 0.452 e. The SMILES string of the molecule is CC(=O)OC1OC2C[C@@]1(OC(C)=O)C[C@H]1OC3(CCCCC3)O[C@@H]21. The lowest BCUT2D eigenvalue weighted by Gasteiger charge is -2.36. The van der Waals surface area contributed by atoms with E-state index in [1.165, 1.54) is 20.3 Å². The van der Waals surface area contributed by atoms with E-state index >= 15 is 0 Å². The van der Waals surface area contributed by atoms with Crippen LogP contribution in [-0.4, -0.2) is 47.9 Å². The molecule has 2 saturated heterocycles. The van der Waals surface area contributed by atoms with Crippen LogP contribution in [0.3, 0.4) is 0 Å². The summed E-state index contributed by atoms with van der Waals surface area (Å²) >= 11 is 0. The Morgan fingerprint density at radius 2 is 1.67 bits per heavy atom. The molecule has 2 aliphatic heterocycles. The number of esters is 2. The summed E-state index contributed by atoms with van der Waals surface area (Å²) < 4.78 is 29.4. The van der Waals surface area contributed by atoms with Gasteiger partial charge in [0.05, 0.1) is 12.2 Å². The van der Waals surface area contributed by atoms with Crippen molar-refractivity contribution in [2.45, 2.75) is 94.8 Å². The average molecular weight is 340 g/mol. The average Bonchev–Trinajstić information content (AvgIpc) is 2.96. The molecule has 1 spiro atoms. The third kappa shape index (κ3) is 2.62. The van der Waals surface area contributed by atoms with Crippen LogP contribution in [0.25, 0.3) is 0 Å². The molecule has 4 aliphatic rings. The minimum Gasteiger partial charge on any atom is -0.452 e. The number of carbonyl (C=O) groups is 2. The van der Waals surface area contributed by atoms with Crippen molar-refractivity contribution in [1.82, 2.24) is 0 Å². The third-order valence-corrected chi connectivity index (χ3v) is 5.51. The minimum atomic E-state index is -0.979. The number of ether oxygens (including phenoxy) is 5. The molecule has 24 heavy (non-hydrogen) atoms. The quantitative estimate of drug-likeness (QED) is 0.709. The van der Waals surface area contributed by atoms with Crippen LogP contribution in [0.1, 0.15) is 58.8 Å². The molecular weight excluding hydrogens is 316 g/mol. The van der Waals surface area contributed by atoms with Crippen LogP contribution in [0.15, 0.2) is 0 Å². The third-order valence-electron chi connectivity index (χ3n) is 5.51. The molecule has 134 valence electrons. The lowest BCUT2D eigenvalue weighted by molar-refractivity contribution is -0.235. The Labute approximate surface area is 140 Å². The van der Waals surface area contributed by atoms with Crippen LogP contribution >= 0.6 is 0 Å². The Hall–Kier alpha value is -1.18. The van der Waals surface area contributed by atoms with Gasteiger partial charge in [0.1, 0.15) is 6.10 Å². The monoisotopic (exact) mass is 340 g/mol. The first-order valence-corrected chi connectivity index (χ1v) is 8.79. The highest BCUT2D eigenvalue weighted by atomic mass is 16.8. The molecule has 0 radical (unpaired) electrons. The van der Waals surface area contributed by atoms with E-state index in [-0.39, 0.29) is 18.3 Å². The van der Waals surface area contributed by atoms with Gasteiger partial charge in [-0.2, -0.15) is 0 Å². The van der Waals surface area contributed by atoms with Crippen molar-refractivity contribution in [2.75, 3.05) is 0 Å². The van der Waals surface area contributed by atoms with Crippen LogP contribution in [0.2, 0.25) is 0 Å². The lowest BCUT2D eigenvalue weighted by Crippen LogP contribution is -2.51. The van der Waals surface area contributed by atoms with E-state index in [1.54, 1.807) is 0 Å². The number of hydrogen-bond donors (Lipinski definition) is 0. The zero-order chi connectivity index (χ0) is 16.9. The van der Waals surface area contributed by atoms with Gasteiger partial charge in [-0.05, 0) is 12.8 Å². The van der Waals surface area contributed by atoms with Gasteiger partial charge in [0.2, 0.25) is 6.29 Å². The van der Waals surface area contributed by atoms with Gasteiger partial charge in [-0.3, -0.25) is 9.59 Å². The molecule has 2 aliphatic carbocycles. The molecule has 4 fully saturated rings. The van der Waals surface area contributed by atoms with E-state index in [0.717, 1.165) is 25.7 Å². The number of carbonyl (C=O) groups excluding carboxylic acids is 2.